The van der Waals surface area contributed by atoms with E-state index in [1.807, 2.05) is 10.9 Å². The Balaban J connectivity index is 1.42. The smallest absolute Gasteiger partial charge is 0.0900 e. The van der Waals surface area contributed by atoms with Crippen LogP contribution in [0.2, 0.25) is 0 Å². The van der Waals surface area contributed by atoms with Crippen molar-refractivity contribution in [2.75, 3.05) is 32.9 Å². The molecule has 0 spiro atoms. The Morgan fingerprint density at radius 2 is 2.29 bits per heavy atom. The molecule has 3 atom stereocenters. The molecule has 3 rings (SSSR count). The van der Waals surface area contributed by atoms with Crippen LogP contribution >= 0.6 is 0 Å². The number of ether oxygens (including phenoxy) is 2. The van der Waals surface area contributed by atoms with Crippen molar-refractivity contribution in [1.82, 2.24) is 14.7 Å². The number of aliphatic hydroxyl groups is 1. The van der Waals surface area contributed by atoms with E-state index in [0.717, 1.165) is 32.5 Å². The van der Waals surface area contributed by atoms with Crippen molar-refractivity contribution < 1.29 is 14.6 Å². The zero-order chi connectivity index (χ0) is 16.8. The Labute approximate surface area is 144 Å². The molecule has 1 aromatic rings. The topological polar surface area (TPSA) is 59.8 Å². The molecule has 2 fully saturated rings. The van der Waals surface area contributed by atoms with Gasteiger partial charge in [0, 0.05) is 25.4 Å². The van der Waals surface area contributed by atoms with E-state index in [4.69, 9.17) is 9.47 Å². The molecular formula is C18H31N3O3. The van der Waals surface area contributed by atoms with Gasteiger partial charge < -0.3 is 14.6 Å². The predicted octanol–water partition coefficient (Wildman–Crippen LogP) is 1.60. The number of aliphatic hydroxyl groups excluding tert-OH is 1. The van der Waals surface area contributed by atoms with Gasteiger partial charge in [-0.25, -0.2) is 0 Å². The monoisotopic (exact) mass is 337 g/mol. The molecule has 0 saturated carbocycles. The number of aromatic nitrogens is 2. The lowest BCUT2D eigenvalue weighted by molar-refractivity contribution is -0.0322. The van der Waals surface area contributed by atoms with Crippen molar-refractivity contribution in [1.29, 1.82) is 0 Å². The number of nitrogens with zero attached hydrogens (tertiary/aromatic N) is 3. The first-order valence-electron chi connectivity index (χ1n) is 9.31. The minimum atomic E-state index is -0.439. The highest BCUT2D eigenvalue weighted by Crippen LogP contribution is 2.19. The van der Waals surface area contributed by atoms with Gasteiger partial charge in [-0.3, -0.25) is 9.58 Å². The summed E-state index contributed by atoms with van der Waals surface area (Å²) in [6.45, 7) is 6.54. The quantitative estimate of drug-likeness (QED) is 0.781. The van der Waals surface area contributed by atoms with Gasteiger partial charge in [0.05, 0.1) is 38.2 Å². The standard InChI is InChI=1S/C18H31N3O3/c1-15-9-19-21(10-15)11-16-5-2-3-7-20(16)12-17(22)13-23-14-18-6-4-8-24-18/h9-10,16-18,22H,2-8,11-14H2,1H3/t16-,17+,18-/m0/s1. The molecule has 0 amide bonds. The van der Waals surface area contributed by atoms with E-state index < -0.39 is 6.10 Å². The van der Waals surface area contributed by atoms with Crippen molar-refractivity contribution in [3.8, 4) is 0 Å². The van der Waals surface area contributed by atoms with Gasteiger partial charge in [-0.1, -0.05) is 6.42 Å². The summed E-state index contributed by atoms with van der Waals surface area (Å²) in [6.07, 6.45) is 9.61. The molecular weight excluding hydrogens is 306 g/mol. The summed E-state index contributed by atoms with van der Waals surface area (Å²) < 4.78 is 13.2. The average Bonchev–Trinajstić information content (AvgIpc) is 3.21. The highest BCUT2D eigenvalue weighted by molar-refractivity contribution is 4.99. The van der Waals surface area contributed by atoms with Crippen molar-refractivity contribution in [2.45, 2.75) is 63.8 Å². The molecule has 1 N–H and O–H groups in total. The summed E-state index contributed by atoms with van der Waals surface area (Å²) in [5, 5.41) is 14.7. The first kappa shape index (κ1) is 17.9. The number of hydrogen-bond donors (Lipinski definition) is 1. The number of likely N-dealkylation sites (tertiary alicyclic amines) is 1. The van der Waals surface area contributed by atoms with Gasteiger partial charge in [-0.15, -0.1) is 0 Å². The summed E-state index contributed by atoms with van der Waals surface area (Å²) in [6, 6.07) is 0.450. The van der Waals surface area contributed by atoms with Gasteiger partial charge in [-0.05, 0) is 44.7 Å². The number of rotatable bonds is 8. The zero-order valence-corrected chi connectivity index (χ0v) is 14.8. The summed E-state index contributed by atoms with van der Waals surface area (Å²) in [7, 11) is 0. The van der Waals surface area contributed by atoms with Crippen molar-refractivity contribution in [2.24, 2.45) is 0 Å². The highest BCUT2D eigenvalue weighted by Gasteiger charge is 2.25. The normalized spacial score (nSPS) is 26.8. The first-order valence-corrected chi connectivity index (χ1v) is 9.31. The fourth-order valence-corrected chi connectivity index (χ4v) is 3.72. The maximum Gasteiger partial charge on any atom is 0.0900 e. The summed E-state index contributed by atoms with van der Waals surface area (Å²) in [4.78, 5) is 2.40. The van der Waals surface area contributed by atoms with Gasteiger partial charge in [-0.2, -0.15) is 5.10 Å². The predicted molar refractivity (Wildman–Crippen MR) is 92.0 cm³/mol. The summed E-state index contributed by atoms with van der Waals surface area (Å²) in [5.74, 6) is 0. The molecule has 2 aliphatic rings. The van der Waals surface area contributed by atoms with Gasteiger partial charge in [0.15, 0.2) is 0 Å². The molecule has 0 radical (unpaired) electrons. The minimum absolute atomic E-state index is 0.225. The van der Waals surface area contributed by atoms with E-state index in [0.29, 0.717) is 25.8 Å². The summed E-state index contributed by atoms with van der Waals surface area (Å²) >= 11 is 0. The van der Waals surface area contributed by atoms with Crippen LogP contribution in [0.1, 0.15) is 37.7 Å². The van der Waals surface area contributed by atoms with Crippen LogP contribution < -0.4 is 0 Å². The molecule has 6 heteroatoms. The SMILES string of the molecule is Cc1cnn(C[C@@H]2CCCCN2C[C@@H](O)COC[C@@H]2CCCO2)c1. The van der Waals surface area contributed by atoms with Crippen LogP contribution in [0.15, 0.2) is 12.4 Å². The Morgan fingerprint density at radius 3 is 3.04 bits per heavy atom. The molecule has 3 heterocycles. The van der Waals surface area contributed by atoms with E-state index in [1.165, 1.54) is 24.8 Å². The minimum Gasteiger partial charge on any atom is -0.389 e. The van der Waals surface area contributed by atoms with E-state index in [-0.39, 0.29) is 6.10 Å². The third-order valence-corrected chi connectivity index (χ3v) is 4.99. The second-order valence-electron chi connectivity index (χ2n) is 7.21. The molecule has 24 heavy (non-hydrogen) atoms. The van der Waals surface area contributed by atoms with Crippen LogP contribution in [0.3, 0.4) is 0 Å². The number of piperidine rings is 1. The lowest BCUT2D eigenvalue weighted by atomic mass is 10.0. The first-order chi connectivity index (χ1) is 11.7. The maximum absolute atomic E-state index is 10.3. The van der Waals surface area contributed by atoms with Crippen molar-refractivity contribution in [3.05, 3.63) is 18.0 Å². The fourth-order valence-electron chi connectivity index (χ4n) is 3.72. The molecule has 0 bridgehead atoms. The second-order valence-corrected chi connectivity index (χ2v) is 7.21. The zero-order valence-electron chi connectivity index (χ0n) is 14.8. The average molecular weight is 337 g/mol. The van der Waals surface area contributed by atoms with Crippen LogP contribution in [0.5, 0.6) is 0 Å². The lowest BCUT2D eigenvalue weighted by Crippen LogP contribution is -2.46. The molecule has 1 aromatic heterocycles. The maximum atomic E-state index is 10.3. The Morgan fingerprint density at radius 1 is 1.38 bits per heavy atom. The number of β-amino-alcohol motifs (C(OH)–C–C–N with tert-alkyl or cyclic N) is 1. The molecule has 2 saturated heterocycles. The van der Waals surface area contributed by atoms with Crippen LogP contribution in [0.25, 0.3) is 0 Å². The Hall–Kier alpha value is -0.950. The number of aryl methyl sites for hydroxylation is 1. The molecule has 2 aliphatic heterocycles. The van der Waals surface area contributed by atoms with E-state index in [9.17, 15) is 5.11 Å². The third kappa shape index (κ3) is 5.28. The third-order valence-electron chi connectivity index (χ3n) is 4.99. The molecule has 0 unspecified atom stereocenters. The van der Waals surface area contributed by atoms with Crippen molar-refractivity contribution in [3.63, 3.8) is 0 Å². The number of hydrogen-bond acceptors (Lipinski definition) is 5. The summed E-state index contributed by atoms with van der Waals surface area (Å²) in [5.41, 5.74) is 1.19. The van der Waals surface area contributed by atoms with E-state index >= 15 is 0 Å². The second kappa shape index (κ2) is 8.94. The van der Waals surface area contributed by atoms with Gasteiger partial charge in [0.1, 0.15) is 0 Å². The molecule has 0 aliphatic carbocycles. The highest BCUT2D eigenvalue weighted by atomic mass is 16.5. The van der Waals surface area contributed by atoms with Crippen LogP contribution in [-0.2, 0) is 16.0 Å². The fraction of sp³-hybridized carbons (Fsp3) is 0.833. The molecule has 6 nitrogen and oxygen atoms in total. The van der Waals surface area contributed by atoms with Gasteiger partial charge in [0.25, 0.3) is 0 Å². The lowest BCUT2D eigenvalue weighted by Gasteiger charge is -2.36. The van der Waals surface area contributed by atoms with Crippen LogP contribution in [0, 0.1) is 6.92 Å². The Bertz CT molecular complexity index is 488. The molecule has 0 aromatic carbocycles. The van der Waals surface area contributed by atoms with E-state index in [1.54, 1.807) is 0 Å². The van der Waals surface area contributed by atoms with Crippen LogP contribution in [0.4, 0.5) is 0 Å². The van der Waals surface area contributed by atoms with E-state index in [2.05, 4.69) is 23.1 Å². The van der Waals surface area contributed by atoms with Crippen LogP contribution in [-0.4, -0.2) is 70.9 Å². The van der Waals surface area contributed by atoms with Crippen molar-refractivity contribution >= 4 is 0 Å². The van der Waals surface area contributed by atoms with Gasteiger partial charge in [0.2, 0.25) is 0 Å². The van der Waals surface area contributed by atoms with Gasteiger partial charge >= 0.3 is 0 Å². The Kier molecular flexibility index (Phi) is 6.66. The largest absolute Gasteiger partial charge is 0.389 e. The molecule has 136 valence electrons.